The first-order valence-electron chi connectivity index (χ1n) is 12.8. The van der Waals surface area contributed by atoms with Crippen LogP contribution in [0, 0.1) is 5.82 Å². The Morgan fingerprint density at radius 1 is 1.22 bits per heavy atom. The van der Waals surface area contributed by atoms with E-state index in [1.54, 1.807) is 19.4 Å². The minimum Gasteiger partial charge on any atom is -0.383 e. The summed E-state index contributed by atoms with van der Waals surface area (Å²) >= 11 is 6.48. The van der Waals surface area contributed by atoms with Crippen LogP contribution >= 0.6 is 11.6 Å². The lowest BCUT2D eigenvalue weighted by molar-refractivity contribution is 0.0574. The van der Waals surface area contributed by atoms with Crippen LogP contribution < -0.4 is 21.7 Å². The first-order chi connectivity index (χ1) is 17.3. The van der Waals surface area contributed by atoms with E-state index < -0.39 is 11.4 Å². The molecule has 0 spiro atoms. The second kappa shape index (κ2) is 12.5. The lowest BCUT2D eigenvalue weighted by Gasteiger charge is -2.33. The Labute approximate surface area is 217 Å². The summed E-state index contributed by atoms with van der Waals surface area (Å²) in [5, 5.41) is 10.8. The molecule has 36 heavy (non-hydrogen) atoms. The second-order valence-electron chi connectivity index (χ2n) is 10.1. The summed E-state index contributed by atoms with van der Waals surface area (Å²) in [6.45, 7) is 4.51. The zero-order chi connectivity index (χ0) is 25.5. The number of hydrogen-bond acceptors (Lipinski definition) is 8. The molecule has 1 aliphatic carbocycles. The Bertz CT molecular complexity index is 998. The predicted molar refractivity (Wildman–Crippen MR) is 142 cm³/mol. The Hall–Kier alpha value is -2.04. The van der Waals surface area contributed by atoms with Crippen LogP contribution in [0.4, 0.5) is 16.0 Å². The van der Waals surface area contributed by atoms with Gasteiger partial charge in [0.25, 0.3) is 0 Å². The number of nitrogens with zero attached hydrogens (tertiary/aromatic N) is 2. The van der Waals surface area contributed by atoms with Crippen molar-refractivity contribution in [1.82, 2.24) is 15.3 Å². The Balaban J connectivity index is 1.39. The normalized spacial score (nSPS) is 22.7. The van der Waals surface area contributed by atoms with E-state index in [-0.39, 0.29) is 5.82 Å². The Morgan fingerprint density at radius 2 is 1.94 bits per heavy atom. The van der Waals surface area contributed by atoms with Gasteiger partial charge < -0.3 is 31.2 Å². The van der Waals surface area contributed by atoms with Crippen molar-refractivity contribution in [1.29, 1.82) is 0 Å². The minimum atomic E-state index is -0.440. The van der Waals surface area contributed by atoms with Crippen molar-refractivity contribution in [3.8, 4) is 11.3 Å². The molecule has 4 rings (SSSR count). The summed E-state index contributed by atoms with van der Waals surface area (Å²) in [5.41, 5.74) is 7.28. The zero-order valence-corrected chi connectivity index (χ0v) is 21.9. The van der Waals surface area contributed by atoms with E-state index in [2.05, 4.69) is 32.8 Å². The number of rotatable bonds is 10. The molecule has 0 aromatic carbocycles. The maximum absolute atomic E-state index is 14.5. The smallest absolute Gasteiger partial charge is 0.165 e. The van der Waals surface area contributed by atoms with Crippen molar-refractivity contribution in [2.45, 2.75) is 69.1 Å². The maximum Gasteiger partial charge on any atom is 0.165 e. The highest BCUT2D eigenvalue weighted by Crippen LogP contribution is 2.31. The van der Waals surface area contributed by atoms with Crippen LogP contribution in [0.1, 0.15) is 45.4 Å². The molecule has 0 bridgehead atoms. The third kappa shape index (κ3) is 7.26. The molecule has 8 nitrogen and oxygen atoms in total. The number of ether oxygens (including phenoxy) is 2. The van der Waals surface area contributed by atoms with Crippen LogP contribution in [-0.4, -0.2) is 67.1 Å². The van der Waals surface area contributed by atoms with Gasteiger partial charge in [0.15, 0.2) is 11.6 Å². The molecular weight excluding hydrogens is 483 g/mol. The number of aromatic nitrogens is 2. The van der Waals surface area contributed by atoms with Gasteiger partial charge in [-0.25, -0.2) is 14.4 Å². The highest BCUT2D eigenvalue weighted by molar-refractivity contribution is 6.33. The third-order valence-electron chi connectivity index (χ3n) is 7.09. The van der Waals surface area contributed by atoms with Gasteiger partial charge >= 0.3 is 0 Å². The molecule has 0 radical (unpaired) electrons. The summed E-state index contributed by atoms with van der Waals surface area (Å²) < 4.78 is 25.2. The standard InChI is InChI=1S/C26H38ClFN6O2/c1-17(15-35-2)32-18-3-5-19(6-4-18)33-24-13-20(21(27)14-30-24)23-8-7-22(28)25(34-23)31-16-26(29)9-11-36-12-10-26/h7-8,13-14,17-19,32H,3-6,9-12,15-16,29H2,1-2H3,(H,30,33)(H,31,34)/t17-,18-,19-/m1/s1. The molecule has 0 amide bonds. The number of hydrogen-bond donors (Lipinski definition) is 4. The largest absolute Gasteiger partial charge is 0.383 e. The molecule has 2 aliphatic rings. The number of pyridine rings is 2. The van der Waals surface area contributed by atoms with E-state index >= 15 is 0 Å². The Kier molecular flexibility index (Phi) is 9.35. The van der Waals surface area contributed by atoms with Gasteiger partial charge in [-0.2, -0.15) is 0 Å². The first-order valence-corrected chi connectivity index (χ1v) is 13.2. The molecular formula is C26H38ClFN6O2. The van der Waals surface area contributed by atoms with E-state index in [0.717, 1.165) is 44.3 Å². The molecule has 1 aliphatic heterocycles. The van der Waals surface area contributed by atoms with E-state index in [1.807, 2.05) is 6.07 Å². The SMILES string of the molecule is COC[C@@H](C)N[C@H]1CC[C@H](Nc2cc(-c3ccc(F)c(NCC4(N)CCOCC4)n3)c(Cl)cn2)CC1. The quantitative estimate of drug-likeness (QED) is 0.369. The maximum atomic E-state index is 14.5. The lowest BCUT2D eigenvalue weighted by atomic mass is 9.90. The highest BCUT2D eigenvalue weighted by Gasteiger charge is 2.28. The first kappa shape index (κ1) is 27.0. The minimum absolute atomic E-state index is 0.166. The fraction of sp³-hybridized carbons (Fsp3) is 0.615. The van der Waals surface area contributed by atoms with Crippen molar-refractivity contribution in [3.05, 3.63) is 35.2 Å². The van der Waals surface area contributed by atoms with Gasteiger partial charge in [0.1, 0.15) is 5.82 Å². The fourth-order valence-corrected chi connectivity index (χ4v) is 5.16. The number of methoxy groups -OCH3 is 1. The van der Waals surface area contributed by atoms with Crippen LogP contribution in [0.5, 0.6) is 0 Å². The average Bonchev–Trinajstić information content (AvgIpc) is 2.87. The van der Waals surface area contributed by atoms with E-state index in [9.17, 15) is 4.39 Å². The molecule has 0 unspecified atom stereocenters. The van der Waals surface area contributed by atoms with Crippen molar-refractivity contribution in [2.75, 3.05) is 44.1 Å². The monoisotopic (exact) mass is 520 g/mol. The molecule has 2 aromatic heterocycles. The molecule has 198 valence electrons. The van der Waals surface area contributed by atoms with Crippen molar-refractivity contribution in [2.24, 2.45) is 5.73 Å². The van der Waals surface area contributed by atoms with Crippen LogP contribution in [0.15, 0.2) is 24.4 Å². The molecule has 2 aromatic rings. The van der Waals surface area contributed by atoms with E-state index in [4.69, 9.17) is 26.8 Å². The number of anilines is 2. The molecule has 2 fully saturated rings. The summed E-state index contributed by atoms with van der Waals surface area (Å²) in [7, 11) is 1.73. The zero-order valence-electron chi connectivity index (χ0n) is 21.2. The third-order valence-corrected chi connectivity index (χ3v) is 7.39. The van der Waals surface area contributed by atoms with Crippen LogP contribution in [0.2, 0.25) is 5.02 Å². The summed E-state index contributed by atoms with van der Waals surface area (Å²) in [5.74, 6) is 0.477. The fourth-order valence-electron chi connectivity index (χ4n) is 4.96. The van der Waals surface area contributed by atoms with Crippen molar-refractivity contribution < 1.29 is 13.9 Å². The molecule has 1 atom stereocenters. The second-order valence-corrected chi connectivity index (χ2v) is 10.5. The molecule has 1 saturated heterocycles. The van der Waals surface area contributed by atoms with Crippen LogP contribution in [-0.2, 0) is 9.47 Å². The molecule has 5 N–H and O–H groups in total. The Morgan fingerprint density at radius 3 is 2.67 bits per heavy atom. The highest BCUT2D eigenvalue weighted by atomic mass is 35.5. The predicted octanol–water partition coefficient (Wildman–Crippen LogP) is 4.20. The number of halogens is 2. The summed E-state index contributed by atoms with van der Waals surface area (Å²) in [6.07, 6.45) is 7.34. The molecule has 1 saturated carbocycles. The van der Waals surface area contributed by atoms with E-state index in [0.29, 0.717) is 60.8 Å². The van der Waals surface area contributed by atoms with Crippen molar-refractivity contribution >= 4 is 23.2 Å². The van der Waals surface area contributed by atoms with Crippen molar-refractivity contribution in [3.63, 3.8) is 0 Å². The van der Waals surface area contributed by atoms with Gasteiger partial charge in [-0.05, 0) is 63.6 Å². The van der Waals surface area contributed by atoms with Gasteiger partial charge in [-0.15, -0.1) is 0 Å². The van der Waals surface area contributed by atoms with Gasteiger partial charge in [-0.1, -0.05) is 11.6 Å². The van der Waals surface area contributed by atoms with Gasteiger partial charge in [0.2, 0.25) is 0 Å². The summed E-state index contributed by atoms with van der Waals surface area (Å²) in [4.78, 5) is 9.00. The van der Waals surface area contributed by atoms with Crippen LogP contribution in [0.3, 0.4) is 0 Å². The number of nitrogens with one attached hydrogen (secondary N) is 3. The van der Waals surface area contributed by atoms with Gasteiger partial charge in [-0.3, -0.25) is 0 Å². The molecule has 10 heteroatoms. The lowest BCUT2D eigenvalue weighted by Crippen LogP contribution is -2.50. The number of nitrogens with two attached hydrogens (primary N) is 1. The van der Waals surface area contributed by atoms with Gasteiger partial charge in [0.05, 0.1) is 17.3 Å². The average molecular weight is 521 g/mol. The molecule has 3 heterocycles. The van der Waals surface area contributed by atoms with Crippen LogP contribution in [0.25, 0.3) is 11.3 Å². The van der Waals surface area contributed by atoms with E-state index in [1.165, 1.54) is 6.07 Å². The summed E-state index contributed by atoms with van der Waals surface area (Å²) in [6, 6.07) is 6.11. The topological polar surface area (TPSA) is 106 Å². The van der Waals surface area contributed by atoms with Gasteiger partial charge in [0, 0.05) is 62.3 Å².